The zero-order valence-electron chi connectivity index (χ0n) is 17.1. The minimum absolute atomic E-state index is 0.165. The van der Waals surface area contributed by atoms with E-state index < -0.39 is 18.7 Å². The summed E-state index contributed by atoms with van der Waals surface area (Å²) in [5.41, 5.74) is -0.165. The van der Waals surface area contributed by atoms with Crippen LogP contribution in [0.25, 0.3) is 0 Å². The fourth-order valence-corrected chi connectivity index (χ4v) is 7.44. The van der Waals surface area contributed by atoms with Gasteiger partial charge >= 0.3 is 14.4 Å². The molecule has 1 heterocycles. The third-order valence-electron chi connectivity index (χ3n) is 9.73. The van der Waals surface area contributed by atoms with E-state index in [1.165, 1.54) is 6.42 Å². The van der Waals surface area contributed by atoms with Gasteiger partial charge < -0.3 is 19.1 Å². The largest absolute Gasteiger partial charge is 0.439 e. The molecule has 7 rings (SSSR count). The highest BCUT2D eigenvalue weighted by molar-refractivity contribution is 7.03. The van der Waals surface area contributed by atoms with Gasteiger partial charge in [0.1, 0.15) is 0 Å². The molecule has 8 unspecified atom stereocenters. The summed E-state index contributed by atoms with van der Waals surface area (Å²) in [5.74, 6) is 2.30. The first kappa shape index (κ1) is 18.0. The van der Waals surface area contributed by atoms with Crippen LogP contribution in [-0.2, 0) is 14.0 Å². The molecule has 0 amide bonds. The molecule has 1 aliphatic heterocycles. The van der Waals surface area contributed by atoms with Crippen LogP contribution in [0.15, 0.2) is 0 Å². The van der Waals surface area contributed by atoms with E-state index in [9.17, 15) is 5.11 Å². The number of aliphatic hydroxyl groups excluding tert-OH is 1. The van der Waals surface area contributed by atoms with Crippen molar-refractivity contribution in [2.24, 2.45) is 34.5 Å². The molecule has 6 aliphatic carbocycles. The molecule has 0 spiro atoms. The Morgan fingerprint density at radius 1 is 0.923 bits per heavy atom. The van der Waals surface area contributed by atoms with Gasteiger partial charge in [-0.05, 0) is 74.0 Å². The lowest BCUT2D eigenvalue weighted by molar-refractivity contribution is -0.233. The van der Waals surface area contributed by atoms with Crippen LogP contribution in [-0.4, -0.2) is 42.9 Å². The lowest BCUT2D eigenvalue weighted by Crippen LogP contribution is -2.68. The van der Waals surface area contributed by atoms with E-state index in [1.807, 2.05) is 0 Å². The molecule has 6 heteroatoms. The van der Waals surface area contributed by atoms with Crippen molar-refractivity contribution < 1.29 is 19.1 Å². The smallest absolute Gasteiger partial charge is 0.435 e. The van der Waals surface area contributed by atoms with Gasteiger partial charge in [0.25, 0.3) is 0 Å². The molecule has 6 saturated carbocycles. The van der Waals surface area contributed by atoms with Crippen molar-refractivity contribution in [1.29, 1.82) is 0 Å². The molecule has 4 bridgehead atoms. The topological polar surface area (TPSA) is 47.9 Å². The Morgan fingerprint density at radius 2 is 1.54 bits per heavy atom. The van der Waals surface area contributed by atoms with Gasteiger partial charge in [-0.15, -0.1) is 0 Å². The molecule has 0 aromatic rings. The maximum atomic E-state index is 10.7. The minimum atomic E-state index is -0.541. The monoisotopic (exact) mass is 359 g/mol. The van der Waals surface area contributed by atoms with Crippen molar-refractivity contribution >= 4 is 14.4 Å². The quantitative estimate of drug-likeness (QED) is 0.787. The van der Waals surface area contributed by atoms with Crippen molar-refractivity contribution in [3.63, 3.8) is 0 Å². The van der Waals surface area contributed by atoms with Crippen molar-refractivity contribution in [3.8, 4) is 0 Å². The molecular formula is C20H33B2O4. The van der Waals surface area contributed by atoms with Gasteiger partial charge in [-0.2, -0.15) is 0 Å². The second-order valence-corrected chi connectivity index (χ2v) is 11.3. The van der Waals surface area contributed by atoms with Gasteiger partial charge in [0, 0.05) is 0 Å². The summed E-state index contributed by atoms with van der Waals surface area (Å²) in [5, 5.41) is 10.7. The van der Waals surface area contributed by atoms with Crippen molar-refractivity contribution in [1.82, 2.24) is 0 Å². The Labute approximate surface area is 159 Å². The van der Waals surface area contributed by atoms with Crippen LogP contribution in [0.5, 0.6) is 0 Å². The molecule has 7 fully saturated rings. The average Bonchev–Trinajstić information content (AvgIpc) is 2.91. The molecule has 7 aliphatic rings. The number of rotatable bonds is 3. The van der Waals surface area contributed by atoms with E-state index in [-0.39, 0.29) is 17.1 Å². The average molecular weight is 359 g/mol. The van der Waals surface area contributed by atoms with Crippen molar-refractivity contribution in [2.45, 2.75) is 90.6 Å². The van der Waals surface area contributed by atoms with Crippen LogP contribution in [0.2, 0.25) is 0 Å². The summed E-state index contributed by atoms with van der Waals surface area (Å²) in [6.45, 7) is 13.7. The minimum Gasteiger partial charge on any atom is -0.435 e. The van der Waals surface area contributed by atoms with E-state index >= 15 is 0 Å². The maximum Gasteiger partial charge on any atom is 0.439 e. The molecule has 4 nitrogen and oxygen atoms in total. The molecule has 1 radical (unpaired) electrons. The lowest BCUT2D eigenvalue weighted by Gasteiger charge is -2.65. The summed E-state index contributed by atoms with van der Waals surface area (Å²) in [7, 11) is 1.32. The van der Waals surface area contributed by atoms with E-state index in [0.717, 1.165) is 25.2 Å². The highest BCUT2D eigenvalue weighted by Crippen LogP contribution is 2.66. The van der Waals surface area contributed by atoms with Crippen LogP contribution in [0, 0.1) is 34.5 Å². The second-order valence-electron chi connectivity index (χ2n) is 11.3. The number of hydrogen-bond acceptors (Lipinski definition) is 4. The standard InChI is InChI=1S/C20H33B2O4/c1-17(2)11-7-13(17)19(5,15(23)9-11)25-21-22-24-16-10-12-8-14(18(12,3)4)20(16,6)26-22/h11-16,23H,7-10H2,1-6H3. The van der Waals surface area contributed by atoms with Crippen LogP contribution in [0.1, 0.15) is 67.2 Å². The molecule has 0 aromatic carbocycles. The Balaban J connectivity index is 1.27. The van der Waals surface area contributed by atoms with Crippen molar-refractivity contribution in [2.75, 3.05) is 0 Å². The first-order valence-corrected chi connectivity index (χ1v) is 10.5. The van der Waals surface area contributed by atoms with Crippen LogP contribution >= 0.6 is 0 Å². The summed E-state index contributed by atoms with van der Waals surface area (Å²) in [6.07, 6.45) is 4.07. The van der Waals surface area contributed by atoms with Gasteiger partial charge in [0.05, 0.1) is 23.4 Å². The Bertz CT molecular complexity index is 625. The summed E-state index contributed by atoms with van der Waals surface area (Å²) in [4.78, 5) is 0. The van der Waals surface area contributed by atoms with Crippen LogP contribution < -0.4 is 0 Å². The molecule has 143 valence electrons. The molecule has 8 atom stereocenters. The molecule has 1 saturated heterocycles. The zero-order chi connectivity index (χ0) is 18.7. The first-order valence-electron chi connectivity index (χ1n) is 10.5. The molecule has 0 aromatic heterocycles. The highest BCUT2D eigenvalue weighted by atomic mass is 16.7. The third kappa shape index (κ3) is 2.03. The van der Waals surface area contributed by atoms with Crippen molar-refractivity contribution in [3.05, 3.63) is 0 Å². The lowest BCUT2D eigenvalue weighted by atomic mass is 9.43. The van der Waals surface area contributed by atoms with E-state index in [0.29, 0.717) is 23.2 Å². The predicted octanol–water partition coefficient (Wildman–Crippen LogP) is 3.03. The molecule has 26 heavy (non-hydrogen) atoms. The first-order chi connectivity index (χ1) is 12.0. The second kappa shape index (κ2) is 5.11. The summed E-state index contributed by atoms with van der Waals surface area (Å²) >= 11 is 0. The zero-order valence-corrected chi connectivity index (χ0v) is 17.1. The van der Waals surface area contributed by atoms with E-state index in [4.69, 9.17) is 14.0 Å². The predicted molar refractivity (Wildman–Crippen MR) is 101 cm³/mol. The molecular weight excluding hydrogens is 326 g/mol. The number of fused-ring (bicyclic) bond motifs is 2. The van der Waals surface area contributed by atoms with Gasteiger partial charge in [-0.1, -0.05) is 27.7 Å². The summed E-state index contributed by atoms with van der Waals surface area (Å²) in [6, 6.07) is 0. The Kier molecular flexibility index (Phi) is 3.55. The number of hydrogen-bond donors (Lipinski definition) is 1. The third-order valence-corrected chi connectivity index (χ3v) is 9.73. The van der Waals surface area contributed by atoms with Gasteiger partial charge in [-0.3, -0.25) is 0 Å². The Hall–Kier alpha value is -0.0301. The maximum absolute atomic E-state index is 10.7. The normalized spacial score (nSPS) is 55.6. The fourth-order valence-electron chi connectivity index (χ4n) is 7.44. The Morgan fingerprint density at radius 3 is 2.19 bits per heavy atom. The molecule has 1 N–H and O–H groups in total. The van der Waals surface area contributed by atoms with Gasteiger partial charge in [0.15, 0.2) is 0 Å². The fraction of sp³-hybridized carbons (Fsp3) is 1.00. The summed E-state index contributed by atoms with van der Waals surface area (Å²) < 4.78 is 19.0. The van der Waals surface area contributed by atoms with Crippen LogP contribution in [0.3, 0.4) is 0 Å². The van der Waals surface area contributed by atoms with Gasteiger partial charge in [-0.25, -0.2) is 0 Å². The SMILES string of the molecule is CC1(C)C2CC(O)C(C)(O[B]B3OC4CC5CC(C5(C)C)C4(C)O3)C1C2. The number of aliphatic hydroxyl groups is 1. The van der Waals surface area contributed by atoms with Gasteiger partial charge in [0.2, 0.25) is 0 Å². The van der Waals surface area contributed by atoms with E-state index in [1.54, 1.807) is 7.37 Å². The van der Waals surface area contributed by atoms with E-state index in [2.05, 4.69) is 41.5 Å². The highest BCUT2D eigenvalue weighted by Gasteiger charge is 2.68. The van der Waals surface area contributed by atoms with Crippen LogP contribution in [0.4, 0.5) is 0 Å².